The quantitative estimate of drug-likeness (QED) is 0.907. The minimum Gasteiger partial charge on any atom is -0.342 e. The number of carbonyl (C=O) groups is 1. The molecule has 5 heteroatoms. The van der Waals surface area contributed by atoms with Crippen LogP contribution in [0.2, 0.25) is 5.02 Å². The fourth-order valence-corrected chi connectivity index (χ4v) is 3.20. The lowest BCUT2D eigenvalue weighted by Gasteiger charge is -2.40. The highest BCUT2D eigenvalue weighted by molar-refractivity contribution is 6.31. The Morgan fingerprint density at radius 3 is 2.76 bits per heavy atom. The van der Waals surface area contributed by atoms with Gasteiger partial charge in [-0.15, -0.1) is 0 Å². The number of aromatic nitrogens is 1. The van der Waals surface area contributed by atoms with Gasteiger partial charge < -0.3 is 14.8 Å². The summed E-state index contributed by atoms with van der Waals surface area (Å²) >= 11 is 6.11. The van der Waals surface area contributed by atoms with Crippen LogP contribution >= 0.6 is 11.6 Å². The van der Waals surface area contributed by atoms with Crippen LogP contribution in [0, 0.1) is 0 Å². The number of hydrogen-bond acceptors (Lipinski definition) is 2. The number of nitrogens with zero attached hydrogens (tertiary/aromatic N) is 2. The number of halogens is 1. The second-order valence-corrected chi connectivity index (χ2v) is 6.21. The van der Waals surface area contributed by atoms with Crippen LogP contribution in [0.15, 0.2) is 12.3 Å². The van der Waals surface area contributed by atoms with Crippen molar-refractivity contribution in [1.29, 1.82) is 0 Å². The maximum absolute atomic E-state index is 13.0. The molecule has 2 heterocycles. The molecule has 0 bridgehead atoms. The lowest BCUT2D eigenvalue weighted by Crippen LogP contribution is -2.58. The molecule has 21 heavy (non-hydrogen) atoms. The van der Waals surface area contributed by atoms with Gasteiger partial charge in [-0.05, 0) is 25.3 Å². The van der Waals surface area contributed by atoms with E-state index in [0.29, 0.717) is 11.1 Å². The van der Waals surface area contributed by atoms with Gasteiger partial charge in [0.25, 0.3) is 5.91 Å². The van der Waals surface area contributed by atoms with Crippen LogP contribution in [0.1, 0.15) is 50.5 Å². The molecule has 2 rings (SSSR count). The molecule has 0 radical (unpaired) electrons. The maximum atomic E-state index is 13.0. The van der Waals surface area contributed by atoms with Gasteiger partial charge in [-0.3, -0.25) is 4.79 Å². The molecule has 1 fully saturated rings. The Hall–Kier alpha value is -1.00. The van der Waals surface area contributed by atoms with Gasteiger partial charge in [0, 0.05) is 37.9 Å². The predicted octanol–water partition coefficient (Wildman–Crippen LogP) is 3.15. The highest BCUT2D eigenvalue weighted by Gasteiger charge is 2.31. The van der Waals surface area contributed by atoms with Gasteiger partial charge >= 0.3 is 0 Å². The van der Waals surface area contributed by atoms with Crippen molar-refractivity contribution in [3.8, 4) is 0 Å². The summed E-state index contributed by atoms with van der Waals surface area (Å²) in [6.07, 6.45) is 4.86. The Labute approximate surface area is 132 Å². The van der Waals surface area contributed by atoms with Gasteiger partial charge in [0.15, 0.2) is 0 Å². The van der Waals surface area contributed by atoms with E-state index >= 15 is 0 Å². The van der Waals surface area contributed by atoms with E-state index in [-0.39, 0.29) is 11.9 Å². The summed E-state index contributed by atoms with van der Waals surface area (Å²) in [7, 11) is 0. The highest BCUT2D eigenvalue weighted by Crippen LogP contribution is 2.20. The summed E-state index contributed by atoms with van der Waals surface area (Å²) in [6, 6.07) is 2.46. The second kappa shape index (κ2) is 7.32. The van der Waals surface area contributed by atoms with Crippen molar-refractivity contribution in [3.05, 3.63) is 23.0 Å². The average Bonchev–Trinajstić information content (AvgIpc) is 2.87. The van der Waals surface area contributed by atoms with Crippen LogP contribution < -0.4 is 5.32 Å². The van der Waals surface area contributed by atoms with Gasteiger partial charge in [0.2, 0.25) is 0 Å². The Balaban J connectivity index is 2.23. The molecular weight excluding hydrogens is 286 g/mol. The van der Waals surface area contributed by atoms with E-state index in [2.05, 4.69) is 26.1 Å². The summed E-state index contributed by atoms with van der Waals surface area (Å²) in [5.74, 6) is 0.113. The van der Waals surface area contributed by atoms with Crippen molar-refractivity contribution < 1.29 is 4.79 Å². The zero-order valence-electron chi connectivity index (χ0n) is 13.2. The molecule has 4 nitrogen and oxygen atoms in total. The van der Waals surface area contributed by atoms with Crippen LogP contribution in [0.5, 0.6) is 0 Å². The molecule has 0 spiro atoms. The highest BCUT2D eigenvalue weighted by atomic mass is 35.5. The molecule has 1 aromatic rings. The normalized spacial score (nSPS) is 22.6. The van der Waals surface area contributed by atoms with Crippen LogP contribution in [0.25, 0.3) is 0 Å². The largest absolute Gasteiger partial charge is 0.342 e. The fraction of sp³-hybridized carbons (Fsp3) is 0.688. The third-order valence-electron chi connectivity index (χ3n) is 4.27. The standard InChI is InChI=1S/C16H26ClN3O/c1-4-7-19-10-12(17)8-15(19)16(21)20-11-13(5-2)18-9-14(20)6-3/h8,10,13-14,18H,4-7,9,11H2,1-3H3. The van der Waals surface area contributed by atoms with Gasteiger partial charge in [-0.1, -0.05) is 32.4 Å². The second-order valence-electron chi connectivity index (χ2n) is 5.77. The van der Waals surface area contributed by atoms with E-state index in [0.717, 1.165) is 44.6 Å². The van der Waals surface area contributed by atoms with Crippen molar-refractivity contribution >= 4 is 17.5 Å². The van der Waals surface area contributed by atoms with E-state index < -0.39 is 0 Å². The molecule has 1 aromatic heterocycles. The summed E-state index contributed by atoms with van der Waals surface area (Å²) in [5, 5.41) is 4.17. The molecule has 1 N–H and O–H groups in total. The predicted molar refractivity (Wildman–Crippen MR) is 86.9 cm³/mol. The smallest absolute Gasteiger partial charge is 0.270 e. The van der Waals surface area contributed by atoms with Crippen LogP contribution in [0.4, 0.5) is 0 Å². The lowest BCUT2D eigenvalue weighted by molar-refractivity contribution is 0.0565. The SMILES string of the molecule is CCCn1cc(Cl)cc1C(=O)N1CC(CC)NCC1CC. The number of hydrogen-bond donors (Lipinski definition) is 1. The van der Waals surface area contributed by atoms with Gasteiger partial charge in [0.05, 0.1) is 5.02 Å². The first-order valence-corrected chi connectivity index (χ1v) is 8.38. The number of nitrogens with one attached hydrogen (secondary N) is 1. The third kappa shape index (κ3) is 3.61. The van der Waals surface area contributed by atoms with Gasteiger partial charge in [0.1, 0.15) is 5.69 Å². The Morgan fingerprint density at radius 1 is 1.38 bits per heavy atom. The Morgan fingerprint density at radius 2 is 2.14 bits per heavy atom. The van der Waals surface area contributed by atoms with Crippen LogP contribution in [-0.4, -0.2) is 40.5 Å². The monoisotopic (exact) mass is 311 g/mol. The number of aryl methyl sites for hydroxylation is 1. The molecule has 1 aliphatic rings. The minimum absolute atomic E-state index is 0.113. The summed E-state index contributed by atoms with van der Waals surface area (Å²) < 4.78 is 1.99. The summed E-state index contributed by atoms with van der Waals surface area (Å²) in [6.45, 7) is 8.88. The van der Waals surface area contributed by atoms with E-state index in [1.807, 2.05) is 15.7 Å². The van der Waals surface area contributed by atoms with Crippen LogP contribution in [-0.2, 0) is 6.54 Å². The summed E-state index contributed by atoms with van der Waals surface area (Å²) in [4.78, 5) is 15.0. The number of piperazine rings is 1. The van der Waals surface area contributed by atoms with Crippen molar-refractivity contribution in [2.24, 2.45) is 0 Å². The zero-order chi connectivity index (χ0) is 15.4. The first-order chi connectivity index (χ1) is 10.1. The van der Waals surface area contributed by atoms with Crippen molar-refractivity contribution in [3.63, 3.8) is 0 Å². The third-order valence-corrected chi connectivity index (χ3v) is 4.48. The molecule has 1 saturated heterocycles. The topological polar surface area (TPSA) is 37.3 Å². The molecule has 2 atom stereocenters. The molecule has 1 amide bonds. The lowest BCUT2D eigenvalue weighted by atomic mass is 10.0. The number of amides is 1. The first-order valence-electron chi connectivity index (χ1n) is 8.00. The fourth-order valence-electron chi connectivity index (χ4n) is 2.98. The molecule has 0 aliphatic carbocycles. The molecule has 0 aromatic carbocycles. The molecule has 118 valence electrons. The van der Waals surface area contributed by atoms with Crippen molar-refractivity contribution in [2.75, 3.05) is 13.1 Å². The molecule has 0 saturated carbocycles. The van der Waals surface area contributed by atoms with E-state index in [4.69, 9.17) is 11.6 Å². The van der Waals surface area contributed by atoms with Crippen LogP contribution in [0.3, 0.4) is 0 Å². The summed E-state index contributed by atoms with van der Waals surface area (Å²) in [5.41, 5.74) is 0.719. The first kappa shape index (κ1) is 16.4. The zero-order valence-corrected chi connectivity index (χ0v) is 14.0. The minimum atomic E-state index is 0.113. The van der Waals surface area contributed by atoms with Crippen molar-refractivity contribution in [2.45, 2.75) is 58.7 Å². The molecule has 2 unspecified atom stereocenters. The Kier molecular flexibility index (Phi) is 5.71. The molecular formula is C16H26ClN3O. The van der Waals surface area contributed by atoms with E-state index in [9.17, 15) is 4.79 Å². The van der Waals surface area contributed by atoms with Crippen molar-refractivity contribution in [1.82, 2.24) is 14.8 Å². The number of rotatable bonds is 5. The van der Waals surface area contributed by atoms with E-state index in [1.54, 1.807) is 6.07 Å². The van der Waals surface area contributed by atoms with E-state index in [1.165, 1.54) is 0 Å². The molecule has 1 aliphatic heterocycles. The van der Waals surface area contributed by atoms with Gasteiger partial charge in [-0.25, -0.2) is 0 Å². The van der Waals surface area contributed by atoms with Gasteiger partial charge in [-0.2, -0.15) is 0 Å². The Bertz CT molecular complexity index is 486. The number of carbonyl (C=O) groups excluding carboxylic acids is 1. The average molecular weight is 312 g/mol. The maximum Gasteiger partial charge on any atom is 0.270 e.